The zero-order valence-electron chi connectivity index (χ0n) is 13.4. The largest absolute Gasteiger partial charge is 0.494 e. The predicted molar refractivity (Wildman–Crippen MR) is 92.7 cm³/mol. The lowest BCUT2D eigenvalue weighted by Crippen LogP contribution is -2.32. The summed E-state index contributed by atoms with van der Waals surface area (Å²) < 4.78 is 5.33. The molecule has 0 aliphatic heterocycles. The number of ether oxygens (including phenoxy) is 1. The molecule has 1 aromatic carbocycles. The molecule has 3 rings (SSSR count). The van der Waals surface area contributed by atoms with Crippen LogP contribution in [0.25, 0.3) is 0 Å². The van der Waals surface area contributed by atoms with Crippen LogP contribution in [-0.4, -0.2) is 29.9 Å². The van der Waals surface area contributed by atoms with Gasteiger partial charge in [-0.15, -0.1) is 11.3 Å². The summed E-state index contributed by atoms with van der Waals surface area (Å²) in [6.07, 6.45) is 2.35. The van der Waals surface area contributed by atoms with E-state index in [0.717, 1.165) is 5.69 Å². The van der Waals surface area contributed by atoms with Crippen LogP contribution in [0.2, 0.25) is 0 Å². The first kappa shape index (κ1) is 16.4. The first-order valence-electron chi connectivity index (χ1n) is 7.92. The van der Waals surface area contributed by atoms with Gasteiger partial charge in [-0.3, -0.25) is 9.59 Å². The smallest absolute Gasteiger partial charge is 0.251 e. The van der Waals surface area contributed by atoms with Crippen molar-refractivity contribution in [2.24, 2.45) is 0 Å². The number of hydrogen-bond donors (Lipinski definition) is 2. The summed E-state index contributed by atoms with van der Waals surface area (Å²) in [6.45, 7) is 2.38. The molecule has 0 unspecified atom stereocenters. The lowest BCUT2D eigenvalue weighted by Gasteiger charge is -2.06. The zero-order valence-corrected chi connectivity index (χ0v) is 14.2. The molecule has 2 aromatic rings. The first-order chi connectivity index (χ1) is 11.7. The second-order valence-electron chi connectivity index (χ2n) is 5.54. The number of aromatic nitrogens is 1. The highest BCUT2D eigenvalue weighted by Crippen LogP contribution is 2.40. The summed E-state index contributed by atoms with van der Waals surface area (Å²) in [5, 5.41) is 7.87. The molecule has 1 fully saturated rings. The molecule has 0 radical (unpaired) electrons. The number of carbonyl (C=O) groups excluding carboxylic acids is 2. The van der Waals surface area contributed by atoms with Crippen LogP contribution in [-0.2, 0) is 4.79 Å². The van der Waals surface area contributed by atoms with Gasteiger partial charge in [0.1, 0.15) is 5.75 Å². The van der Waals surface area contributed by atoms with E-state index < -0.39 is 0 Å². The Labute approximate surface area is 144 Å². The maximum atomic E-state index is 12.0. The number of benzene rings is 1. The standard InChI is InChI=1S/C17H19N3O3S/c1-2-23-13-7-5-12(6-8-13)16(22)18-9-15(21)20-17-19-14(10-24-17)11-3-4-11/h5-8,10-11H,2-4,9H2,1H3,(H,18,22)(H,19,20,21). The summed E-state index contributed by atoms with van der Waals surface area (Å²) in [4.78, 5) is 28.3. The Morgan fingerprint density at radius 2 is 2.04 bits per heavy atom. The van der Waals surface area contributed by atoms with Crippen LogP contribution in [0.5, 0.6) is 5.75 Å². The van der Waals surface area contributed by atoms with Crippen molar-refractivity contribution in [1.29, 1.82) is 0 Å². The molecule has 0 spiro atoms. The zero-order chi connectivity index (χ0) is 16.9. The van der Waals surface area contributed by atoms with Crippen LogP contribution in [0, 0.1) is 0 Å². The highest BCUT2D eigenvalue weighted by atomic mass is 32.1. The minimum Gasteiger partial charge on any atom is -0.494 e. The van der Waals surface area contributed by atoms with Crippen molar-refractivity contribution < 1.29 is 14.3 Å². The van der Waals surface area contributed by atoms with Crippen LogP contribution in [0.15, 0.2) is 29.6 Å². The van der Waals surface area contributed by atoms with Gasteiger partial charge in [-0.2, -0.15) is 0 Å². The number of amides is 2. The average molecular weight is 345 g/mol. The fourth-order valence-electron chi connectivity index (χ4n) is 2.21. The van der Waals surface area contributed by atoms with Gasteiger partial charge in [-0.25, -0.2) is 4.98 Å². The van der Waals surface area contributed by atoms with E-state index in [0.29, 0.717) is 29.0 Å². The monoisotopic (exact) mass is 345 g/mol. The molecule has 1 heterocycles. The first-order valence-corrected chi connectivity index (χ1v) is 8.80. The van der Waals surface area contributed by atoms with E-state index in [1.54, 1.807) is 24.3 Å². The highest BCUT2D eigenvalue weighted by molar-refractivity contribution is 7.13. The summed E-state index contributed by atoms with van der Waals surface area (Å²) in [6, 6.07) is 6.79. The molecule has 24 heavy (non-hydrogen) atoms. The lowest BCUT2D eigenvalue weighted by atomic mass is 10.2. The van der Waals surface area contributed by atoms with Crippen molar-refractivity contribution in [3.05, 3.63) is 40.9 Å². The predicted octanol–water partition coefficient (Wildman–Crippen LogP) is 2.79. The summed E-state index contributed by atoms with van der Waals surface area (Å²) in [5.74, 6) is 0.685. The summed E-state index contributed by atoms with van der Waals surface area (Å²) >= 11 is 1.41. The number of nitrogens with one attached hydrogen (secondary N) is 2. The van der Waals surface area contributed by atoms with Gasteiger partial charge in [-0.05, 0) is 44.0 Å². The van der Waals surface area contributed by atoms with Gasteiger partial charge >= 0.3 is 0 Å². The highest BCUT2D eigenvalue weighted by Gasteiger charge is 2.26. The van der Waals surface area contributed by atoms with Gasteiger partial charge in [0.2, 0.25) is 5.91 Å². The number of hydrogen-bond acceptors (Lipinski definition) is 5. The van der Waals surface area contributed by atoms with Crippen molar-refractivity contribution in [2.75, 3.05) is 18.5 Å². The second-order valence-corrected chi connectivity index (χ2v) is 6.40. The van der Waals surface area contributed by atoms with Gasteiger partial charge < -0.3 is 15.4 Å². The Hall–Kier alpha value is -2.41. The number of rotatable bonds is 7. The Bertz CT molecular complexity index is 723. The van der Waals surface area contributed by atoms with Gasteiger partial charge in [0.15, 0.2) is 5.13 Å². The molecule has 0 atom stereocenters. The molecule has 2 N–H and O–H groups in total. The quantitative estimate of drug-likeness (QED) is 0.809. The van der Waals surface area contributed by atoms with Gasteiger partial charge in [0.25, 0.3) is 5.91 Å². The van der Waals surface area contributed by atoms with E-state index in [4.69, 9.17) is 4.74 Å². The third-order valence-electron chi connectivity index (χ3n) is 3.60. The van der Waals surface area contributed by atoms with E-state index in [9.17, 15) is 9.59 Å². The van der Waals surface area contributed by atoms with Crippen molar-refractivity contribution in [3.63, 3.8) is 0 Å². The number of carbonyl (C=O) groups is 2. The topological polar surface area (TPSA) is 80.3 Å². The van der Waals surface area contributed by atoms with Crippen molar-refractivity contribution in [3.8, 4) is 5.75 Å². The molecular formula is C17H19N3O3S. The summed E-state index contributed by atoms with van der Waals surface area (Å²) in [7, 11) is 0. The lowest BCUT2D eigenvalue weighted by molar-refractivity contribution is -0.115. The van der Waals surface area contributed by atoms with E-state index >= 15 is 0 Å². The Morgan fingerprint density at radius 3 is 2.71 bits per heavy atom. The maximum absolute atomic E-state index is 12.0. The molecule has 126 valence electrons. The molecule has 6 nitrogen and oxygen atoms in total. The number of thiazole rings is 1. The van der Waals surface area contributed by atoms with Crippen LogP contribution >= 0.6 is 11.3 Å². The van der Waals surface area contributed by atoms with Gasteiger partial charge in [-0.1, -0.05) is 0 Å². The fourth-order valence-corrected chi connectivity index (χ4v) is 3.01. The fraction of sp³-hybridized carbons (Fsp3) is 0.353. The SMILES string of the molecule is CCOc1ccc(C(=O)NCC(=O)Nc2nc(C3CC3)cs2)cc1. The molecule has 1 aliphatic rings. The molecule has 0 bridgehead atoms. The molecular weight excluding hydrogens is 326 g/mol. The second kappa shape index (κ2) is 7.44. The van der Waals surface area contributed by atoms with Gasteiger partial charge in [0, 0.05) is 16.9 Å². The molecule has 1 aliphatic carbocycles. The van der Waals surface area contributed by atoms with Crippen LogP contribution in [0.1, 0.15) is 41.7 Å². The van der Waals surface area contributed by atoms with Gasteiger partial charge in [0.05, 0.1) is 18.8 Å². The van der Waals surface area contributed by atoms with Crippen LogP contribution < -0.4 is 15.4 Å². The third-order valence-corrected chi connectivity index (χ3v) is 4.38. The summed E-state index contributed by atoms with van der Waals surface area (Å²) in [5.41, 5.74) is 1.53. The van der Waals surface area contributed by atoms with E-state index in [1.807, 2.05) is 12.3 Å². The molecule has 1 aromatic heterocycles. The van der Waals surface area contributed by atoms with Crippen LogP contribution in [0.4, 0.5) is 5.13 Å². The van der Waals surface area contributed by atoms with Crippen LogP contribution in [0.3, 0.4) is 0 Å². The molecule has 7 heteroatoms. The Kier molecular flexibility index (Phi) is 5.10. The molecule has 1 saturated carbocycles. The minimum absolute atomic E-state index is 0.0929. The Balaban J connectivity index is 1.46. The maximum Gasteiger partial charge on any atom is 0.251 e. The number of anilines is 1. The third kappa shape index (κ3) is 4.32. The van der Waals surface area contributed by atoms with Crippen molar-refractivity contribution >= 4 is 28.3 Å². The van der Waals surface area contributed by atoms with E-state index in [2.05, 4.69) is 15.6 Å². The minimum atomic E-state index is -0.300. The molecule has 2 amide bonds. The van der Waals surface area contributed by atoms with E-state index in [-0.39, 0.29) is 18.4 Å². The van der Waals surface area contributed by atoms with Crippen molar-refractivity contribution in [1.82, 2.24) is 10.3 Å². The van der Waals surface area contributed by atoms with Crippen molar-refractivity contribution in [2.45, 2.75) is 25.7 Å². The molecule has 0 saturated heterocycles. The number of nitrogens with zero attached hydrogens (tertiary/aromatic N) is 1. The average Bonchev–Trinajstić information content (AvgIpc) is 3.34. The van der Waals surface area contributed by atoms with E-state index in [1.165, 1.54) is 24.2 Å². The Morgan fingerprint density at radius 1 is 1.29 bits per heavy atom. The normalized spacial score (nSPS) is 13.4.